The number of carbonyl (C=O) groups is 1. The molecule has 1 aromatic heterocycles. The van der Waals surface area contributed by atoms with Crippen LogP contribution in [0.3, 0.4) is 0 Å². The van der Waals surface area contributed by atoms with Crippen molar-refractivity contribution in [1.82, 2.24) is 9.78 Å². The fraction of sp³-hybridized carbons (Fsp3) is 0.333. The molecule has 0 aliphatic carbocycles. The second-order valence-electron chi connectivity index (χ2n) is 4.51. The lowest BCUT2D eigenvalue weighted by Gasteiger charge is -2.11. The zero-order chi connectivity index (χ0) is 14.4. The summed E-state index contributed by atoms with van der Waals surface area (Å²) in [7, 11) is 1.58. The summed E-state index contributed by atoms with van der Waals surface area (Å²) < 4.78 is 12.8. The minimum Gasteiger partial charge on any atom is -0.493 e. The van der Waals surface area contributed by atoms with Crippen LogP contribution in [0.25, 0.3) is 0 Å². The highest BCUT2D eigenvalue weighted by Crippen LogP contribution is 2.27. The highest BCUT2D eigenvalue weighted by molar-refractivity contribution is 5.76. The molecule has 5 heteroatoms. The second kappa shape index (κ2) is 6.75. The van der Waals surface area contributed by atoms with Crippen molar-refractivity contribution < 1.29 is 14.3 Å². The first-order chi connectivity index (χ1) is 9.72. The predicted octanol–water partition coefficient (Wildman–Crippen LogP) is 2.48. The van der Waals surface area contributed by atoms with E-state index in [2.05, 4.69) is 5.10 Å². The van der Waals surface area contributed by atoms with Crippen LogP contribution in [0.5, 0.6) is 11.5 Å². The maximum Gasteiger partial charge on any atom is 0.161 e. The van der Waals surface area contributed by atoms with Crippen LogP contribution in [-0.4, -0.2) is 29.8 Å². The van der Waals surface area contributed by atoms with E-state index in [1.54, 1.807) is 25.3 Å². The molecule has 0 fully saturated rings. The summed E-state index contributed by atoms with van der Waals surface area (Å²) in [5.41, 5.74) is 1.72. The van der Waals surface area contributed by atoms with Gasteiger partial charge in [-0.1, -0.05) is 0 Å². The molecule has 0 unspecified atom stereocenters. The third-order valence-corrected chi connectivity index (χ3v) is 2.88. The van der Waals surface area contributed by atoms with E-state index in [-0.39, 0.29) is 0 Å². The van der Waals surface area contributed by atoms with Crippen molar-refractivity contribution in [3.63, 3.8) is 0 Å². The molecular weight excluding hydrogens is 256 g/mol. The maximum atomic E-state index is 10.8. The van der Waals surface area contributed by atoms with Crippen molar-refractivity contribution in [3.8, 4) is 11.5 Å². The lowest BCUT2D eigenvalue weighted by molar-refractivity contribution is 0.112. The van der Waals surface area contributed by atoms with Crippen molar-refractivity contribution in [2.24, 2.45) is 0 Å². The number of hydrogen-bond donors (Lipinski definition) is 0. The molecule has 0 spiro atoms. The van der Waals surface area contributed by atoms with E-state index in [1.807, 2.05) is 24.0 Å². The molecule has 0 amide bonds. The number of ether oxygens (including phenoxy) is 2. The largest absolute Gasteiger partial charge is 0.493 e. The Balaban J connectivity index is 1.88. The number of aromatic nitrogens is 2. The summed E-state index contributed by atoms with van der Waals surface area (Å²) in [4.78, 5) is 10.8. The zero-order valence-corrected chi connectivity index (χ0v) is 11.7. The van der Waals surface area contributed by atoms with Crippen LogP contribution >= 0.6 is 0 Å². The smallest absolute Gasteiger partial charge is 0.161 e. The van der Waals surface area contributed by atoms with Gasteiger partial charge in [0.25, 0.3) is 0 Å². The molecule has 0 atom stereocenters. The molecule has 20 heavy (non-hydrogen) atoms. The number of methoxy groups -OCH3 is 1. The number of rotatable bonds is 7. The number of nitrogens with zero attached hydrogens (tertiary/aromatic N) is 2. The first-order valence-electron chi connectivity index (χ1n) is 6.48. The van der Waals surface area contributed by atoms with Crippen molar-refractivity contribution in [1.29, 1.82) is 0 Å². The van der Waals surface area contributed by atoms with Gasteiger partial charge in [-0.25, -0.2) is 0 Å². The minimum atomic E-state index is 0.539. The van der Waals surface area contributed by atoms with Gasteiger partial charge < -0.3 is 9.47 Å². The van der Waals surface area contributed by atoms with Crippen molar-refractivity contribution in [2.75, 3.05) is 13.7 Å². The molecule has 0 N–H and O–H groups in total. The van der Waals surface area contributed by atoms with Gasteiger partial charge >= 0.3 is 0 Å². The van der Waals surface area contributed by atoms with Crippen LogP contribution < -0.4 is 9.47 Å². The fourth-order valence-corrected chi connectivity index (χ4v) is 1.88. The Morgan fingerprint density at radius 2 is 2.20 bits per heavy atom. The van der Waals surface area contributed by atoms with Gasteiger partial charge in [-0.3, -0.25) is 9.48 Å². The Bertz CT molecular complexity index is 578. The van der Waals surface area contributed by atoms with E-state index in [4.69, 9.17) is 9.47 Å². The molecule has 0 saturated carbocycles. The molecule has 0 aliphatic rings. The molecule has 0 radical (unpaired) electrons. The lowest BCUT2D eigenvalue weighted by atomic mass is 10.2. The Morgan fingerprint density at radius 1 is 1.35 bits per heavy atom. The molecule has 2 aromatic rings. The summed E-state index contributed by atoms with van der Waals surface area (Å²) in [5, 5.41) is 4.21. The van der Waals surface area contributed by atoms with E-state index >= 15 is 0 Å². The van der Waals surface area contributed by atoms with Gasteiger partial charge in [-0.15, -0.1) is 0 Å². The summed E-state index contributed by atoms with van der Waals surface area (Å²) in [6, 6.07) is 5.12. The summed E-state index contributed by atoms with van der Waals surface area (Å²) in [5.74, 6) is 1.22. The topological polar surface area (TPSA) is 53.4 Å². The summed E-state index contributed by atoms with van der Waals surface area (Å²) in [6.45, 7) is 3.34. The van der Waals surface area contributed by atoms with E-state index in [9.17, 15) is 4.79 Å². The summed E-state index contributed by atoms with van der Waals surface area (Å²) >= 11 is 0. The third kappa shape index (κ3) is 3.60. The van der Waals surface area contributed by atoms with Crippen molar-refractivity contribution in [3.05, 3.63) is 41.7 Å². The van der Waals surface area contributed by atoms with Crippen molar-refractivity contribution >= 4 is 6.29 Å². The number of aldehydes is 1. The van der Waals surface area contributed by atoms with Crippen LogP contribution in [-0.2, 0) is 6.54 Å². The number of benzene rings is 1. The molecule has 2 rings (SSSR count). The Labute approximate surface area is 118 Å². The molecule has 5 nitrogen and oxygen atoms in total. The van der Waals surface area contributed by atoms with Crippen LogP contribution in [0, 0.1) is 6.92 Å². The van der Waals surface area contributed by atoms with Gasteiger partial charge in [-0.2, -0.15) is 5.10 Å². The fourth-order valence-electron chi connectivity index (χ4n) is 1.88. The monoisotopic (exact) mass is 274 g/mol. The molecule has 0 aliphatic heterocycles. The number of aryl methyl sites for hydroxylation is 2. The Kier molecular flexibility index (Phi) is 4.76. The normalized spacial score (nSPS) is 10.3. The molecule has 0 bridgehead atoms. The van der Waals surface area contributed by atoms with Gasteiger partial charge in [-0.05, 0) is 30.7 Å². The number of carbonyl (C=O) groups excluding carboxylic acids is 1. The molecule has 1 heterocycles. The van der Waals surface area contributed by atoms with Gasteiger partial charge in [0.05, 0.1) is 19.9 Å². The SMILES string of the molecule is COc1ccc(C=O)cc1OCCCn1cc(C)cn1. The molecule has 0 saturated heterocycles. The minimum absolute atomic E-state index is 0.539. The number of hydrogen-bond acceptors (Lipinski definition) is 4. The van der Waals surface area contributed by atoms with E-state index in [0.717, 1.165) is 24.8 Å². The Hall–Kier alpha value is -2.30. The van der Waals surface area contributed by atoms with Crippen LogP contribution in [0.4, 0.5) is 0 Å². The van der Waals surface area contributed by atoms with Gasteiger partial charge in [0.1, 0.15) is 6.29 Å². The van der Waals surface area contributed by atoms with Crippen LogP contribution in [0.2, 0.25) is 0 Å². The van der Waals surface area contributed by atoms with Gasteiger partial charge in [0, 0.05) is 24.7 Å². The highest BCUT2D eigenvalue weighted by atomic mass is 16.5. The molecule has 1 aromatic carbocycles. The van der Waals surface area contributed by atoms with E-state index in [0.29, 0.717) is 23.7 Å². The zero-order valence-electron chi connectivity index (χ0n) is 11.7. The quantitative estimate of drug-likeness (QED) is 0.575. The van der Waals surface area contributed by atoms with Crippen LogP contribution in [0.15, 0.2) is 30.6 Å². The summed E-state index contributed by atoms with van der Waals surface area (Å²) in [6.07, 6.45) is 5.44. The van der Waals surface area contributed by atoms with E-state index < -0.39 is 0 Å². The molecular formula is C15H18N2O3. The lowest BCUT2D eigenvalue weighted by Crippen LogP contribution is -2.05. The predicted molar refractivity (Wildman–Crippen MR) is 75.5 cm³/mol. The average molecular weight is 274 g/mol. The van der Waals surface area contributed by atoms with Crippen LogP contribution in [0.1, 0.15) is 22.3 Å². The Morgan fingerprint density at radius 3 is 2.85 bits per heavy atom. The first kappa shape index (κ1) is 14.1. The highest BCUT2D eigenvalue weighted by Gasteiger charge is 2.05. The van der Waals surface area contributed by atoms with Gasteiger partial charge in [0.15, 0.2) is 11.5 Å². The van der Waals surface area contributed by atoms with Gasteiger partial charge in [0.2, 0.25) is 0 Å². The first-order valence-corrected chi connectivity index (χ1v) is 6.48. The molecule has 106 valence electrons. The maximum absolute atomic E-state index is 10.8. The standard InChI is InChI=1S/C15H18N2O3/c1-12-9-16-17(10-12)6-3-7-20-15-8-13(11-18)4-5-14(15)19-2/h4-5,8-11H,3,6-7H2,1-2H3. The van der Waals surface area contributed by atoms with E-state index in [1.165, 1.54) is 0 Å². The average Bonchev–Trinajstić information content (AvgIpc) is 2.89. The van der Waals surface area contributed by atoms with Crippen molar-refractivity contribution in [2.45, 2.75) is 19.9 Å². The third-order valence-electron chi connectivity index (χ3n) is 2.88. The second-order valence-corrected chi connectivity index (χ2v) is 4.51.